The molecule has 0 saturated heterocycles. The molecule has 0 radical (unpaired) electrons. The van der Waals surface area contributed by atoms with E-state index in [2.05, 4.69) is 15.7 Å². The summed E-state index contributed by atoms with van der Waals surface area (Å²) in [6.07, 6.45) is 3.67. The van der Waals surface area contributed by atoms with Crippen molar-refractivity contribution in [2.75, 3.05) is 7.11 Å². The van der Waals surface area contributed by atoms with Crippen molar-refractivity contribution in [3.63, 3.8) is 0 Å². The lowest BCUT2D eigenvalue weighted by Crippen LogP contribution is -2.49. The van der Waals surface area contributed by atoms with E-state index in [1.807, 2.05) is 55.1 Å². The van der Waals surface area contributed by atoms with Crippen LogP contribution in [0.15, 0.2) is 67.0 Å². The number of benzene rings is 2. The number of carbonyl (C=O) groups is 2. The molecule has 0 bridgehead atoms. The van der Waals surface area contributed by atoms with E-state index in [1.54, 1.807) is 30.5 Å². The predicted molar refractivity (Wildman–Crippen MR) is 119 cm³/mol. The summed E-state index contributed by atoms with van der Waals surface area (Å²) in [7, 11) is 1.51. The topological polar surface area (TPSA) is 85.2 Å². The third-order valence-electron chi connectivity index (χ3n) is 4.98. The van der Waals surface area contributed by atoms with Gasteiger partial charge in [-0.25, -0.2) is 0 Å². The number of methoxy groups -OCH3 is 1. The van der Waals surface area contributed by atoms with Crippen LogP contribution in [0.3, 0.4) is 0 Å². The Bertz CT molecular complexity index is 998. The van der Waals surface area contributed by atoms with E-state index in [0.29, 0.717) is 24.4 Å². The summed E-state index contributed by atoms with van der Waals surface area (Å²) in [4.78, 5) is 25.5. The first-order chi connectivity index (χ1) is 15.0. The molecule has 0 saturated carbocycles. The van der Waals surface area contributed by atoms with Gasteiger partial charge in [0.1, 0.15) is 11.8 Å². The first-order valence-electron chi connectivity index (χ1n) is 10.2. The average molecular weight is 421 g/mol. The minimum atomic E-state index is -0.656. The number of carbonyl (C=O) groups excluding carboxylic acids is 2. The Labute approximate surface area is 182 Å². The second-order valence-electron chi connectivity index (χ2n) is 7.63. The highest BCUT2D eigenvalue weighted by atomic mass is 16.5. The van der Waals surface area contributed by atoms with Crippen molar-refractivity contribution in [3.8, 4) is 5.75 Å². The number of para-hydroxylation sites is 1. The summed E-state index contributed by atoms with van der Waals surface area (Å²) in [6.45, 7) is 4.88. The third-order valence-corrected chi connectivity index (χ3v) is 4.98. The number of amides is 2. The van der Waals surface area contributed by atoms with Crippen LogP contribution in [-0.2, 0) is 17.9 Å². The molecule has 3 aromatic rings. The van der Waals surface area contributed by atoms with Crippen LogP contribution < -0.4 is 15.4 Å². The number of hydrogen-bond donors (Lipinski definition) is 2. The Kier molecular flexibility index (Phi) is 7.43. The van der Waals surface area contributed by atoms with Crippen LogP contribution in [0, 0.1) is 5.92 Å². The Morgan fingerprint density at radius 1 is 1.03 bits per heavy atom. The lowest BCUT2D eigenvalue weighted by atomic mass is 10.0. The van der Waals surface area contributed by atoms with Crippen LogP contribution in [-0.4, -0.2) is 34.7 Å². The normalized spacial score (nSPS) is 11.7. The third kappa shape index (κ3) is 5.94. The highest BCUT2D eigenvalue weighted by Crippen LogP contribution is 2.17. The molecule has 162 valence electrons. The van der Waals surface area contributed by atoms with Gasteiger partial charge in [0.05, 0.1) is 19.2 Å². The first-order valence-corrected chi connectivity index (χ1v) is 10.2. The molecule has 1 heterocycles. The Hall–Kier alpha value is -3.61. The van der Waals surface area contributed by atoms with Crippen molar-refractivity contribution in [1.29, 1.82) is 0 Å². The van der Waals surface area contributed by atoms with Gasteiger partial charge < -0.3 is 15.4 Å². The lowest BCUT2D eigenvalue weighted by Gasteiger charge is -2.22. The van der Waals surface area contributed by atoms with Crippen molar-refractivity contribution < 1.29 is 14.3 Å². The number of ether oxygens (including phenoxy) is 1. The van der Waals surface area contributed by atoms with Gasteiger partial charge in [0.2, 0.25) is 5.91 Å². The van der Waals surface area contributed by atoms with Gasteiger partial charge in [-0.1, -0.05) is 50.2 Å². The molecule has 7 heteroatoms. The van der Waals surface area contributed by atoms with E-state index in [4.69, 9.17) is 4.74 Å². The van der Waals surface area contributed by atoms with Crippen molar-refractivity contribution in [3.05, 3.63) is 83.7 Å². The van der Waals surface area contributed by atoms with Gasteiger partial charge in [-0.15, -0.1) is 0 Å². The van der Waals surface area contributed by atoms with Crippen LogP contribution in [0.2, 0.25) is 0 Å². The number of nitrogens with one attached hydrogen (secondary N) is 2. The monoisotopic (exact) mass is 420 g/mol. The molecule has 0 fully saturated rings. The SMILES string of the molecule is COc1ccccc1C(=O)NC(C(=O)NCc1ccc(Cn2cccn2)cc1)C(C)C. The van der Waals surface area contributed by atoms with E-state index in [1.165, 1.54) is 7.11 Å². The molecule has 3 rings (SSSR count). The Morgan fingerprint density at radius 3 is 2.39 bits per heavy atom. The highest BCUT2D eigenvalue weighted by Gasteiger charge is 2.25. The van der Waals surface area contributed by atoms with E-state index < -0.39 is 6.04 Å². The quantitative estimate of drug-likeness (QED) is 0.557. The zero-order valence-corrected chi connectivity index (χ0v) is 18.0. The van der Waals surface area contributed by atoms with E-state index >= 15 is 0 Å². The van der Waals surface area contributed by atoms with Gasteiger partial charge in [0.25, 0.3) is 5.91 Å². The molecule has 2 N–H and O–H groups in total. The molecule has 0 spiro atoms. The van der Waals surface area contributed by atoms with Gasteiger partial charge in [0, 0.05) is 18.9 Å². The summed E-state index contributed by atoms with van der Waals surface area (Å²) < 4.78 is 7.11. The highest BCUT2D eigenvalue weighted by molar-refractivity contribution is 5.99. The van der Waals surface area contributed by atoms with Gasteiger partial charge in [0.15, 0.2) is 0 Å². The van der Waals surface area contributed by atoms with Gasteiger partial charge >= 0.3 is 0 Å². The average Bonchev–Trinajstić information content (AvgIpc) is 3.29. The molecule has 31 heavy (non-hydrogen) atoms. The Balaban J connectivity index is 1.58. The van der Waals surface area contributed by atoms with Gasteiger partial charge in [-0.2, -0.15) is 5.10 Å². The summed E-state index contributed by atoms with van der Waals surface area (Å²) in [5.74, 6) is -0.165. The largest absolute Gasteiger partial charge is 0.496 e. The maximum absolute atomic E-state index is 12.8. The molecule has 1 aromatic heterocycles. The second kappa shape index (κ2) is 10.4. The van der Waals surface area contributed by atoms with Crippen LogP contribution in [0.4, 0.5) is 0 Å². The minimum absolute atomic E-state index is 0.0740. The number of aromatic nitrogens is 2. The van der Waals surface area contributed by atoms with Gasteiger partial charge in [-0.05, 0) is 35.2 Å². The smallest absolute Gasteiger partial charge is 0.255 e. The van der Waals surface area contributed by atoms with E-state index in [9.17, 15) is 9.59 Å². The van der Waals surface area contributed by atoms with Gasteiger partial charge in [-0.3, -0.25) is 14.3 Å². The molecule has 1 unspecified atom stereocenters. The number of nitrogens with zero attached hydrogens (tertiary/aromatic N) is 2. The van der Waals surface area contributed by atoms with Crippen molar-refractivity contribution in [2.45, 2.75) is 33.0 Å². The fourth-order valence-corrected chi connectivity index (χ4v) is 3.23. The van der Waals surface area contributed by atoms with Crippen molar-refractivity contribution in [2.24, 2.45) is 5.92 Å². The zero-order chi connectivity index (χ0) is 22.2. The lowest BCUT2D eigenvalue weighted by molar-refractivity contribution is -0.124. The molecule has 2 amide bonds. The molecule has 0 aliphatic heterocycles. The second-order valence-corrected chi connectivity index (χ2v) is 7.63. The molecule has 0 aliphatic carbocycles. The molecular formula is C24H28N4O3. The summed E-state index contributed by atoms with van der Waals surface area (Å²) in [5.41, 5.74) is 2.51. The predicted octanol–water partition coefficient (Wildman–Crippen LogP) is 3.01. The van der Waals surface area contributed by atoms with Crippen LogP contribution in [0.1, 0.15) is 35.3 Å². The van der Waals surface area contributed by atoms with Crippen LogP contribution in [0.25, 0.3) is 0 Å². The van der Waals surface area contributed by atoms with E-state index in [0.717, 1.165) is 11.1 Å². The number of rotatable bonds is 9. The molecule has 2 aromatic carbocycles. The maximum atomic E-state index is 12.8. The van der Waals surface area contributed by atoms with Crippen molar-refractivity contribution >= 4 is 11.8 Å². The summed E-state index contributed by atoms with van der Waals surface area (Å²) in [5, 5.41) is 9.97. The minimum Gasteiger partial charge on any atom is -0.496 e. The number of hydrogen-bond acceptors (Lipinski definition) is 4. The molecule has 7 nitrogen and oxygen atoms in total. The van der Waals surface area contributed by atoms with E-state index in [-0.39, 0.29) is 17.7 Å². The summed E-state index contributed by atoms with van der Waals surface area (Å²) >= 11 is 0. The van der Waals surface area contributed by atoms with Crippen molar-refractivity contribution in [1.82, 2.24) is 20.4 Å². The van der Waals surface area contributed by atoms with Crippen LogP contribution in [0.5, 0.6) is 5.75 Å². The standard InChI is InChI=1S/C24H28N4O3/c1-17(2)22(27-23(29)20-7-4-5-8-21(20)31-3)24(30)25-15-18-9-11-19(12-10-18)16-28-14-6-13-26-28/h4-14,17,22H,15-16H2,1-3H3,(H,25,30)(H,27,29). The fraction of sp³-hybridized carbons (Fsp3) is 0.292. The maximum Gasteiger partial charge on any atom is 0.255 e. The summed E-state index contributed by atoms with van der Waals surface area (Å²) in [6, 6.07) is 16.2. The molecular weight excluding hydrogens is 392 g/mol. The molecule has 1 atom stereocenters. The van der Waals surface area contributed by atoms with Crippen LogP contribution >= 0.6 is 0 Å². The first kappa shape index (κ1) is 22.1. The fourth-order valence-electron chi connectivity index (χ4n) is 3.23. The molecule has 0 aliphatic rings. The Morgan fingerprint density at radius 2 is 1.74 bits per heavy atom. The zero-order valence-electron chi connectivity index (χ0n) is 18.0.